The zero-order valence-corrected chi connectivity index (χ0v) is 18.9. The summed E-state index contributed by atoms with van der Waals surface area (Å²) >= 11 is 0. The second kappa shape index (κ2) is 11.1. The molecule has 0 heterocycles. The summed E-state index contributed by atoms with van der Waals surface area (Å²) in [4.78, 5) is 37.9. The number of sulfonamides is 1. The summed E-state index contributed by atoms with van der Waals surface area (Å²) in [6.07, 6.45) is 4.12. The van der Waals surface area contributed by atoms with E-state index in [1.165, 1.54) is 12.1 Å². The first-order valence-corrected chi connectivity index (χ1v) is 11.9. The number of aryl methyl sites for hydroxylation is 1. The van der Waals surface area contributed by atoms with E-state index in [1.54, 1.807) is 26.0 Å². The molecular formula is C22H29NO7S. The van der Waals surface area contributed by atoms with Gasteiger partial charge >= 0.3 is 11.9 Å². The molecule has 9 heteroatoms. The van der Waals surface area contributed by atoms with E-state index >= 15 is 0 Å². The highest BCUT2D eigenvalue weighted by Gasteiger charge is 2.40. The highest BCUT2D eigenvalue weighted by molar-refractivity contribution is 7.89. The van der Waals surface area contributed by atoms with E-state index in [-0.39, 0.29) is 18.1 Å². The molecule has 0 bridgehead atoms. The first-order chi connectivity index (χ1) is 14.7. The molecule has 1 amide bonds. The quantitative estimate of drug-likeness (QED) is 0.259. The summed E-state index contributed by atoms with van der Waals surface area (Å²) in [5.41, 5.74) is 0.200. The van der Waals surface area contributed by atoms with Gasteiger partial charge in [0.25, 0.3) is 15.9 Å². The number of carbonyl (C=O) groups is 3. The topological polar surface area (TPSA) is 107 Å². The van der Waals surface area contributed by atoms with Crippen LogP contribution in [-0.2, 0) is 33.9 Å². The third kappa shape index (κ3) is 6.16. The van der Waals surface area contributed by atoms with E-state index in [2.05, 4.69) is 0 Å². The largest absolute Gasteiger partial charge is 0.463 e. The Morgan fingerprint density at radius 3 is 2.13 bits per heavy atom. The molecule has 2 rings (SSSR count). The molecule has 8 nitrogen and oxygen atoms in total. The molecule has 0 unspecified atom stereocenters. The lowest BCUT2D eigenvalue weighted by Crippen LogP contribution is -2.47. The van der Waals surface area contributed by atoms with Crippen molar-refractivity contribution in [2.75, 3.05) is 13.2 Å². The second-order valence-electron chi connectivity index (χ2n) is 7.24. The van der Waals surface area contributed by atoms with E-state index in [9.17, 15) is 22.8 Å². The Morgan fingerprint density at radius 1 is 1.00 bits per heavy atom. The molecule has 0 radical (unpaired) electrons. The summed E-state index contributed by atoms with van der Waals surface area (Å²) in [7, 11) is -4.28. The lowest BCUT2D eigenvalue weighted by molar-refractivity contribution is -0.143. The van der Waals surface area contributed by atoms with Crippen LogP contribution in [0, 0.1) is 6.92 Å². The molecule has 0 spiro atoms. The number of hydrogen-bond acceptors (Lipinski definition) is 7. The van der Waals surface area contributed by atoms with E-state index in [0.29, 0.717) is 18.9 Å². The molecule has 1 saturated carbocycles. The highest BCUT2D eigenvalue weighted by Crippen LogP contribution is 2.29. The zero-order chi connectivity index (χ0) is 23.0. The molecule has 170 valence electrons. The Hall–Kier alpha value is -2.68. The van der Waals surface area contributed by atoms with E-state index in [1.807, 2.05) is 6.92 Å². The van der Waals surface area contributed by atoms with Crippen LogP contribution in [0.1, 0.15) is 51.5 Å². The molecule has 0 aliphatic heterocycles. The fourth-order valence-electron chi connectivity index (χ4n) is 3.45. The standard InChI is InChI=1S/C22H29NO7S/c1-4-29-20(24)15-19(22(26)30-5-2)21(25)23(17-9-7-6-8-10-17)31(27,28)18-13-11-16(3)12-14-18/h11-15,17H,4-10H2,1-3H3/b19-15-. The Kier molecular flexibility index (Phi) is 8.79. The van der Waals surface area contributed by atoms with Crippen LogP contribution in [0.5, 0.6) is 0 Å². The number of esters is 2. The fourth-order valence-corrected chi connectivity index (χ4v) is 5.08. The third-order valence-electron chi connectivity index (χ3n) is 4.96. The van der Waals surface area contributed by atoms with Crippen LogP contribution in [0.4, 0.5) is 0 Å². The normalized spacial score (nSPS) is 15.3. The maximum Gasteiger partial charge on any atom is 0.344 e. The Morgan fingerprint density at radius 2 is 1.58 bits per heavy atom. The van der Waals surface area contributed by atoms with Gasteiger partial charge in [0.15, 0.2) is 0 Å². The summed E-state index contributed by atoms with van der Waals surface area (Å²) in [5.74, 6) is -3.07. The van der Waals surface area contributed by atoms with Crippen LogP contribution in [-0.4, -0.2) is 49.8 Å². The van der Waals surface area contributed by atoms with Gasteiger partial charge in [0, 0.05) is 12.1 Å². The molecule has 0 saturated heterocycles. The summed E-state index contributed by atoms with van der Waals surface area (Å²) in [6, 6.07) is 5.50. The summed E-state index contributed by atoms with van der Waals surface area (Å²) in [5, 5.41) is 0. The first-order valence-electron chi connectivity index (χ1n) is 10.4. The monoisotopic (exact) mass is 451 g/mol. The number of nitrogens with zero attached hydrogens (tertiary/aromatic N) is 1. The van der Waals surface area contributed by atoms with Crippen LogP contribution in [0.3, 0.4) is 0 Å². The van der Waals surface area contributed by atoms with Gasteiger partial charge in [-0.25, -0.2) is 22.3 Å². The van der Waals surface area contributed by atoms with Gasteiger partial charge in [0.2, 0.25) is 0 Å². The lowest BCUT2D eigenvalue weighted by Gasteiger charge is -2.33. The molecule has 0 atom stereocenters. The van der Waals surface area contributed by atoms with Crippen molar-refractivity contribution < 1.29 is 32.3 Å². The van der Waals surface area contributed by atoms with Crippen LogP contribution in [0.2, 0.25) is 0 Å². The fraction of sp³-hybridized carbons (Fsp3) is 0.500. The number of amides is 1. The van der Waals surface area contributed by atoms with Gasteiger partial charge in [-0.1, -0.05) is 37.0 Å². The lowest BCUT2D eigenvalue weighted by atomic mass is 9.95. The molecular weight excluding hydrogens is 422 g/mol. The molecule has 1 aromatic carbocycles. The minimum Gasteiger partial charge on any atom is -0.463 e. The predicted molar refractivity (Wildman–Crippen MR) is 113 cm³/mol. The summed E-state index contributed by atoms with van der Waals surface area (Å²) < 4.78 is 37.5. The average Bonchev–Trinajstić information content (AvgIpc) is 2.73. The van der Waals surface area contributed by atoms with Gasteiger partial charge < -0.3 is 9.47 Å². The number of ether oxygens (including phenoxy) is 2. The van der Waals surface area contributed by atoms with Crippen molar-refractivity contribution in [3.05, 3.63) is 41.5 Å². The van der Waals surface area contributed by atoms with Gasteiger partial charge in [-0.3, -0.25) is 4.79 Å². The molecule has 31 heavy (non-hydrogen) atoms. The van der Waals surface area contributed by atoms with Crippen molar-refractivity contribution in [3.8, 4) is 0 Å². The molecule has 1 aromatic rings. The maximum absolute atomic E-state index is 13.5. The van der Waals surface area contributed by atoms with Gasteiger partial charge in [0.1, 0.15) is 5.57 Å². The average molecular weight is 452 g/mol. The highest BCUT2D eigenvalue weighted by atomic mass is 32.2. The Labute approximate surface area is 183 Å². The SMILES string of the molecule is CCOC(=O)/C=C(\C(=O)OCC)C(=O)N(C1CCCCC1)S(=O)(=O)c1ccc(C)cc1. The molecule has 1 aliphatic carbocycles. The van der Waals surface area contributed by atoms with E-state index < -0.39 is 39.5 Å². The Balaban J connectivity index is 2.57. The summed E-state index contributed by atoms with van der Waals surface area (Å²) in [6.45, 7) is 4.94. The number of rotatable bonds is 8. The van der Waals surface area contributed by atoms with Crippen LogP contribution >= 0.6 is 0 Å². The molecule has 0 N–H and O–H groups in total. The molecule has 1 aliphatic rings. The first kappa shape index (κ1) is 24.6. The van der Waals surface area contributed by atoms with Crippen LogP contribution in [0.15, 0.2) is 40.8 Å². The Bertz CT molecular complexity index is 929. The molecule has 1 fully saturated rings. The zero-order valence-electron chi connectivity index (χ0n) is 18.1. The van der Waals surface area contributed by atoms with Crippen molar-refractivity contribution in [1.29, 1.82) is 0 Å². The predicted octanol–water partition coefficient (Wildman–Crippen LogP) is 2.90. The third-order valence-corrected chi connectivity index (χ3v) is 6.81. The van der Waals surface area contributed by atoms with Gasteiger partial charge in [-0.15, -0.1) is 0 Å². The van der Waals surface area contributed by atoms with Crippen LogP contribution in [0.25, 0.3) is 0 Å². The van der Waals surface area contributed by atoms with Crippen molar-refractivity contribution in [3.63, 3.8) is 0 Å². The van der Waals surface area contributed by atoms with Gasteiger partial charge in [-0.05, 0) is 45.7 Å². The van der Waals surface area contributed by atoms with Crippen molar-refractivity contribution in [1.82, 2.24) is 4.31 Å². The number of carbonyl (C=O) groups excluding carboxylic acids is 3. The van der Waals surface area contributed by atoms with Crippen LogP contribution < -0.4 is 0 Å². The van der Waals surface area contributed by atoms with Gasteiger partial charge in [-0.2, -0.15) is 0 Å². The van der Waals surface area contributed by atoms with Crippen molar-refractivity contribution in [2.45, 2.75) is 63.8 Å². The number of hydrogen-bond donors (Lipinski definition) is 0. The van der Waals surface area contributed by atoms with E-state index in [4.69, 9.17) is 9.47 Å². The van der Waals surface area contributed by atoms with E-state index in [0.717, 1.165) is 29.1 Å². The minimum atomic E-state index is -4.28. The van der Waals surface area contributed by atoms with Crippen molar-refractivity contribution >= 4 is 27.9 Å². The smallest absolute Gasteiger partial charge is 0.344 e. The maximum atomic E-state index is 13.5. The number of benzene rings is 1. The molecule has 0 aromatic heterocycles. The van der Waals surface area contributed by atoms with Crippen molar-refractivity contribution in [2.24, 2.45) is 0 Å². The minimum absolute atomic E-state index is 0.0354. The van der Waals surface area contributed by atoms with Gasteiger partial charge in [0.05, 0.1) is 18.1 Å². The second-order valence-corrected chi connectivity index (χ2v) is 9.06.